The summed E-state index contributed by atoms with van der Waals surface area (Å²) in [4.78, 5) is 21.8. The van der Waals surface area contributed by atoms with Crippen LogP contribution >= 0.6 is 0 Å². The molecule has 12 heteroatoms. The smallest absolute Gasteiger partial charge is 0.352 e. The van der Waals surface area contributed by atoms with Gasteiger partial charge in [0.1, 0.15) is 11.9 Å². The highest BCUT2D eigenvalue weighted by Gasteiger charge is 2.30. The van der Waals surface area contributed by atoms with Crippen molar-refractivity contribution >= 4 is 29.4 Å². The lowest BCUT2D eigenvalue weighted by Gasteiger charge is -2.35. The fourth-order valence-electron chi connectivity index (χ4n) is 3.79. The molecule has 0 radical (unpaired) electrons. The Kier molecular flexibility index (Phi) is 5.98. The fourth-order valence-corrected chi connectivity index (χ4v) is 3.79. The molecule has 9 nitrogen and oxygen atoms in total. The number of benzene rings is 1. The highest BCUT2D eigenvalue weighted by Crippen LogP contribution is 2.31. The first kappa shape index (κ1) is 22.6. The highest BCUT2D eigenvalue weighted by atomic mass is 19.4. The van der Waals surface area contributed by atoms with Crippen molar-refractivity contribution in [1.29, 1.82) is 5.26 Å². The lowest BCUT2D eigenvalue weighted by molar-refractivity contribution is -0.137. The van der Waals surface area contributed by atoms with Crippen LogP contribution in [0.1, 0.15) is 24.0 Å². The molecule has 2 aliphatic rings. The number of alkyl halides is 3. The SMILES string of the molecule is N#Cc1cccnc1N1CCN(c2nc(Nc3cccc(C(F)(F)F)c3)nc(NC3CC3)n2)CC1. The van der Waals surface area contributed by atoms with Crippen LogP contribution in [0, 0.1) is 11.3 Å². The van der Waals surface area contributed by atoms with E-state index in [4.69, 9.17) is 0 Å². The van der Waals surface area contributed by atoms with Crippen molar-refractivity contribution in [3.8, 4) is 6.07 Å². The lowest BCUT2D eigenvalue weighted by atomic mass is 10.2. The second-order valence-corrected chi connectivity index (χ2v) is 8.37. The number of halogens is 3. The minimum atomic E-state index is -4.45. The predicted molar refractivity (Wildman–Crippen MR) is 125 cm³/mol. The van der Waals surface area contributed by atoms with Crippen LogP contribution < -0.4 is 20.4 Å². The quantitative estimate of drug-likeness (QED) is 0.544. The minimum absolute atomic E-state index is 0.163. The number of rotatable bonds is 6. The number of anilines is 5. The molecule has 2 fully saturated rings. The average Bonchev–Trinajstić information content (AvgIpc) is 3.67. The Morgan fingerprint density at radius 3 is 2.40 bits per heavy atom. The molecule has 5 rings (SSSR count). The summed E-state index contributed by atoms with van der Waals surface area (Å²) < 4.78 is 39.4. The number of pyridine rings is 1. The van der Waals surface area contributed by atoms with Gasteiger partial charge in [-0.05, 0) is 43.2 Å². The predicted octanol–water partition coefficient (Wildman–Crippen LogP) is 3.80. The van der Waals surface area contributed by atoms with Crippen molar-refractivity contribution in [1.82, 2.24) is 19.9 Å². The van der Waals surface area contributed by atoms with E-state index >= 15 is 0 Å². The average molecular weight is 481 g/mol. The van der Waals surface area contributed by atoms with Crippen LogP contribution in [-0.4, -0.2) is 52.2 Å². The molecule has 3 heterocycles. The van der Waals surface area contributed by atoms with Gasteiger partial charge in [-0.25, -0.2) is 4.98 Å². The molecular formula is C23H22F3N9. The van der Waals surface area contributed by atoms with Gasteiger partial charge < -0.3 is 20.4 Å². The Labute approximate surface area is 199 Å². The number of nitrogens with one attached hydrogen (secondary N) is 2. The van der Waals surface area contributed by atoms with Gasteiger partial charge in [0.25, 0.3) is 0 Å². The zero-order chi connectivity index (χ0) is 24.4. The zero-order valence-electron chi connectivity index (χ0n) is 18.6. The number of nitrogens with zero attached hydrogens (tertiary/aromatic N) is 7. The molecule has 1 saturated carbocycles. The lowest BCUT2D eigenvalue weighted by Crippen LogP contribution is -2.47. The van der Waals surface area contributed by atoms with Gasteiger partial charge >= 0.3 is 6.18 Å². The van der Waals surface area contributed by atoms with Gasteiger partial charge in [-0.3, -0.25) is 0 Å². The molecular weight excluding hydrogens is 459 g/mol. The summed E-state index contributed by atoms with van der Waals surface area (Å²) in [7, 11) is 0. The van der Waals surface area contributed by atoms with E-state index in [0.29, 0.717) is 49.5 Å². The van der Waals surface area contributed by atoms with E-state index in [1.54, 1.807) is 18.3 Å². The molecule has 35 heavy (non-hydrogen) atoms. The molecule has 1 aliphatic heterocycles. The Balaban J connectivity index is 1.36. The maximum atomic E-state index is 13.1. The highest BCUT2D eigenvalue weighted by molar-refractivity contribution is 5.58. The topological polar surface area (TPSA) is 106 Å². The number of aromatic nitrogens is 4. The van der Waals surface area contributed by atoms with E-state index in [1.807, 2.05) is 9.80 Å². The second-order valence-electron chi connectivity index (χ2n) is 8.37. The summed E-state index contributed by atoms with van der Waals surface area (Å²) in [6.07, 6.45) is -0.752. The van der Waals surface area contributed by atoms with Crippen LogP contribution in [-0.2, 0) is 6.18 Å². The van der Waals surface area contributed by atoms with Crippen LogP contribution in [0.4, 0.5) is 42.5 Å². The van der Waals surface area contributed by atoms with E-state index in [1.165, 1.54) is 12.1 Å². The maximum absolute atomic E-state index is 13.1. The molecule has 2 N–H and O–H groups in total. The largest absolute Gasteiger partial charge is 0.416 e. The third-order valence-corrected chi connectivity index (χ3v) is 5.75. The molecule has 1 saturated heterocycles. The van der Waals surface area contributed by atoms with Gasteiger partial charge in [-0.2, -0.15) is 33.4 Å². The molecule has 0 unspecified atom stereocenters. The third-order valence-electron chi connectivity index (χ3n) is 5.75. The van der Waals surface area contributed by atoms with Crippen molar-refractivity contribution in [2.24, 2.45) is 0 Å². The molecule has 3 aromatic rings. The first-order valence-corrected chi connectivity index (χ1v) is 11.2. The minimum Gasteiger partial charge on any atom is -0.352 e. The monoisotopic (exact) mass is 481 g/mol. The van der Waals surface area contributed by atoms with Crippen LogP contribution in [0.15, 0.2) is 42.6 Å². The van der Waals surface area contributed by atoms with Gasteiger partial charge in [0, 0.05) is 44.1 Å². The number of hydrogen-bond acceptors (Lipinski definition) is 9. The normalized spacial score (nSPS) is 16.1. The van der Waals surface area contributed by atoms with Crippen LogP contribution in [0.25, 0.3) is 0 Å². The molecule has 1 aromatic carbocycles. The van der Waals surface area contributed by atoms with Crippen molar-refractivity contribution in [3.05, 3.63) is 53.7 Å². The summed E-state index contributed by atoms with van der Waals surface area (Å²) in [5.41, 5.74) is -0.00144. The Hall–Kier alpha value is -4.14. The first-order valence-electron chi connectivity index (χ1n) is 11.2. The summed E-state index contributed by atoms with van der Waals surface area (Å²) >= 11 is 0. The first-order chi connectivity index (χ1) is 16.9. The second kappa shape index (κ2) is 9.25. The summed E-state index contributed by atoms with van der Waals surface area (Å²) in [5.74, 6) is 1.62. The molecule has 0 amide bonds. The van der Waals surface area contributed by atoms with Crippen LogP contribution in [0.2, 0.25) is 0 Å². The van der Waals surface area contributed by atoms with Gasteiger partial charge in [0.05, 0.1) is 11.1 Å². The van der Waals surface area contributed by atoms with Crippen molar-refractivity contribution in [2.75, 3.05) is 46.6 Å². The molecule has 2 aromatic heterocycles. The Morgan fingerprint density at radius 2 is 1.69 bits per heavy atom. The van der Waals surface area contributed by atoms with Crippen LogP contribution in [0.3, 0.4) is 0 Å². The number of hydrogen-bond donors (Lipinski definition) is 2. The van der Waals surface area contributed by atoms with Crippen molar-refractivity contribution in [3.63, 3.8) is 0 Å². The van der Waals surface area contributed by atoms with E-state index in [0.717, 1.165) is 25.0 Å². The molecule has 0 bridgehead atoms. The molecule has 180 valence electrons. The van der Waals surface area contributed by atoms with Gasteiger partial charge in [-0.15, -0.1) is 0 Å². The third kappa shape index (κ3) is 5.34. The standard InChI is InChI=1S/C23H22F3N9/c24-23(25,26)16-4-1-5-18(13-16)30-21-31-20(29-17-6-7-17)32-22(33-21)35-11-9-34(10-12-35)19-15(14-27)3-2-8-28-19/h1-5,8,13,17H,6-7,9-12H2,(H2,29,30,31,32,33). The molecule has 0 spiro atoms. The van der Waals surface area contributed by atoms with Crippen LogP contribution in [0.5, 0.6) is 0 Å². The Morgan fingerprint density at radius 1 is 0.943 bits per heavy atom. The van der Waals surface area contributed by atoms with Crippen molar-refractivity contribution in [2.45, 2.75) is 25.1 Å². The summed E-state index contributed by atoms with van der Waals surface area (Å²) in [5, 5.41) is 15.5. The van der Waals surface area contributed by atoms with Gasteiger partial charge in [0.2, 0.25) is 17.8 Å². The zero-order valence-corrected chi connectivity index (χ0v) is 18.6. The van der Waals surface area contributed by atoms with E-state index in [9.17, 15) is 18.4 Å². The van der Waals surface area contributed by atoms with Gasteiger partial charge in [-0.1, -0.05) is 6.07 Å². The maximum Gasteiger partial charge on any atom is 0.416 e. The van der Waals surface area contributed by atoms with E-state index < -0.39 is 11.7 Å². The fraction of sp³-hybridized carbons (Fsp3) is 0.348. The van der Waals surface area contributed by atoms with E-state index in [-0.39, 0.29) is 17.7 Å². The Bertz CT molecular complexity index is 1250. The number of nitriles is 1. The number of piperazine rings is 1. The van der Waals surface area contributed by atoms with E-state index in [2.05, 4.69) is 36.6 Å². The van der Waals surface area contributed by atoms with Gasteiger partial charge in [0.15, 0.2) is 0 Å². The molecule has 1 aliphatic carbocycles. The van der Waals surface area contributed by atoms with Crippen molar-refractivity contribution < 1.29 is 13.2 Å². The summed E-state index contributed by atoms with van der Waals surface area (Å²) in [6.45, 7) is 2.38. The molecule has 0 atom stereocenters. The summed E-state index contributed by atoms with van der Waals surface area (Å²) in [6, 6.07) is 10.8.